The summed E-state index contributed by atoms with van der Waals surface area (Å²) in [5.74, 6) is 2.41. The molecule has 0 radical (unpaired) electrons. The molecule has 0 aliphatic carbocycles. The second kappa shape index (κ2) is 12.2. The summed E-state index contributed by atoms with van der Waals surface area (Å²) < 4.78 is 13.8. The van der Waals surface area contributed by atoms with Crippen LogP contribution in [0, 0.1) is 9.62 Å². The molecule has 7 nitrogen and oxygen atoms in total. The number of aromatic nitrogens is 3. The van der Waals surface area contributed by atoms with Gasteiger partial charge in [-0.15, -0.1) is 16.7 Å². The molecule has 3 aromatic rings. The van der Waals surface area contributed by atoms with Gasteiger partial charge in [0.25, 0.3) is 0 Å². The third-order valence-electron chi connectivity index (χ3n) is 5.66. The maximum absolute atomic E-state index is 10.3. The van der Waals surface area contributed by atoms with E-state index in [9.17, 15) is 10.2 Å². The van der Waals surface area contributed by atoms with Gasteiger partial charge >= 0.3 is 0 Å². The van der Waals surface area contributed by atoms with Crippen LogP contribution in [0.1, 0.15) is 37.6 Å². The topological polar surface area (TPSA) is 89.6 Å². The minimum Gasteiger partial charge on any atom is -0.493 e. The lowest BCUT2D eigenvalue weighted by molar-refractivity contribution is 0.0881. The van der Waals surface area contributed by atoms with Crippen molar-refractivity contribution in [1.29, 1.82) is 0 Å². The number of ether oxygens (including phenoxy) is 2. The summed E-state index contributed by atoms with van der Waals surface area (Å²) in [5, 5.41) is 27.4. The zero-order chi connectivity index (χ0) is 24.7. The number of aliphatic hydroxyl groups is 2. The molecule has 0 fully saturated rings. The Bertz CT molecular complexity index is 1040. The third kappa shape index (κ3) is 6.84. The van der Waals surface area contributed by atoms with Gasteiger partial charge in [0.15, 0.2) is 0 Å². The molecule has 0 spiro atoms. The minimum atomic E-state index is -0.758. The molecule has 1 heterocycles. The van der Waals surface area contributed by atoms with Gasteiger partial charge in [-0.05, 0) is 58.0 Å². The highest BCUT2D eigenvalue weighted by Gasteiger charge is 2.23. The fraction of sp³-hybridized carbons (Fsp3) is 0.440. The van der Waals surface area contributed by atoms with Crippen molar-refractivity contribution in [3.05, 3.63) is 69.1 Å². The SMILES string of the molecule is C[C@H](CCl)COc1ccc(C(C)(C)c2ccc(OC[C@@H](O)Cn3nnc(CO)c3I)cc2)cc1. The summed E-state index contributed by atoms with van der Waals surface area (Å²) >= 11 is 7.90. The average molecular weight is 600 g/mol. The van der Waals surface area contributed by atoms with E-state index in [2.05, 4.69) is 43.2 Å². The van der Waals surface area contributed by atoms with Crippen LogP contribution in [0.15, 0.2) is 48.5 Å². The number of aliphatic hydroxyl groups excluding tert-OH is 2. The van der Waals surface area contributed by atoms with Crippen molar-refractivity contribution in [2.75, 3.05) is 19.1 Å². The van der Waals surface area contributed by atoms with Gasteiger partial charge in [-0.2, -0.15) is 0 Å². The van der Waals surface area contributed by atoms with Crippen molar-refractivity contribution in [2.24, 2.45) is 5.92 Å². The number of benzene rings is 2. The van der Waals surface area contributed by atoms with E-state index in [0.29, 0.717) is 33.5 Å². The molecule has 0 bridgehead atoms. The van der Waals surface area contributed by atoms with Crippen LogP contribution < -0.4 is 9.47 Å². The number of alkyl halides is 1. The summed E-state index contributed by atoms with van der Waals surface area (Å²) in [5.41, 5.74) is 2.63. The van der Waals surface area contributed by atoms with Gasteiger partial charge in [0.1, 0.15) is 33.6 Å². The highest BCUT2D eigenvalue weighted by molar-refractivity contribution is 14.1. The molecular formula is C25H31ClIN3O4. The zero-order valence-electron chi connectivity index (χ0n) is 19.6. The second-order valence-corrected chi connectivity index (χ2v) is 10.2. The number of hydrogen-bond acceptors (Lipinski definition) is 6. The number of rotatable bonds is 12. The van der Waals surface area contributed by atoms with Crippen molar-refractivity contribution < 1.29 is 19.7 Å². The van der Waals surface area contributed by atoms with Crippen LogP contribution in [-0.2, 0) is 18.6 Å². The summed E-state index contributed by atoms with van der Waals surface area (Å²) in [6.45, 7) is 7.20. The molecule has 2 aromatic carbocycles. The fourth-order valence-electron chi connectivity index (χ4n) is 3.38. The van der Waals surface area contributed by atoms with Gasteiger partial charge in [0.2, 0.25) is 0 Å². The first-order valence-corrected chi connectivity index (χ1v) is 12.7. The van der Waals surface area contributed by atoms with E-state index in [1.807, 2.05) is 59.0 Å². The third-order valence-corrected chi connectivity index (χ3v) is 7.37. The van der Waals surface area contributed by atoms with Crippen LogP contribution in [0.2, 0.25) is 0 Å². The average Bonchev–Trinajstić information content (AvgIpc) is 3.20. The van der Waals surface area contributed by atoms with Gasteiger partial charge in [0.05, 0.1) is 19.8 Å². The van der Waals surface area contributed by atoms with Gasteiger partial charge in [0, 0.05) is 17.2 Å². The Morgan fingerprint density at radius 2 is 1.53 bits per heavy atom. The Morgan fingerprint density at radius 3 is 2.00 bits per heavy atom. The molecule has 0 unspecified atom stereocenters. The molecule has 2 N–H and O–H groups in total. The Balaban J connectivity index is 1.56. The zero-order valence-corrected chi connectivity index (χ0v) is 22.5. The van der Waals surface area contributed by atoms with E-state index in [4.69, 9.17) is 21.1 Å². The molecular weight excluding hydrogens is 569 g/mol. The Hall–Kier alpha value is -1.88. The van der Waals surface area contributed by atoms with Gasteiger partial charge in [-0.25, -0.2) is 4.68 Å². The lowest BCUT2D eigenvalue weighted by Crippen LogP contribution is -2.25. The Kier molecular flexibility index (Phi) is 9.58. The Morgan fingerprint density at radius 1 is 1.00 bits per heavy atom. The first-order valence-electron chi connectivity index (χ1n) is 11.1. The lowest BCUT2D eigenvalue weighted by atomic mass is 9.78. The molecule has 0 saturated heterocycles. The van der Waals surface area contributed by atoms with E-state index in [0.717, 1.165) is 11.3 Å². The standard InChI is InChI=1S/C25H31ClIN3O4/c1-17(12-26)15-33-21-8-4-18(5-9-21)25(2,3)19-6-10-22(11-7-19)34-16-20(32)13-30-24(27)23(14-31)28-29-30/h4-11,17,20,31-32H,12-16H2,1-3H3/t17-,20+/m1/s1. The van der Waals surface area contributed by atoms with E-state index >= 15 is 0 Å². The van der Waals surface area contributed by atoms with Crippen molar-refractivity contribution in [1.82, 2.24) is 15.0 Å². The van der Waals surface area contributed by atoms with E-state index in [1.165, 1.54) is 5.56 Å². The second-order valence-electron chi connectivity index (χ2n) is 8.88. The Labute approximate surface area is 219 Å². The summed E-state index contributed by atoms with van der Waals surface area (Å²) in [7, 11) is 0. The highest BCUT2D eigenvalue weighted by atomic mass is 127. The molecule has 34 heavy (non-hydrogen) atoms. The number of hydrogen-bond donors (Lipinski definition) is 2. The van der Waals surface area contributed by atoms with E-state index in [1.54, 1.807) is 4.68 Å². The van der Waals surface area contributed by atoms with Crippen molar-refractivity contribution in [2.45, 2.75) is 45.4 Å². The van der Waals surface area contributed by atoms with Gasteiger partial charge in [-0.1, -0.05) is 50.3 Å². The van der Waals surface area contributed by atoms with Crippen LogP contribution in [-0.4, -0.2) is 50.4 Å². The van der Waals surface area contributed by atoms with Gasteiger partial charge < -0.3 is 19.7 Å². The van der Waals surface area contributed by atoms with Crippen molar-refractivity contribution >= 4 is 34.2 Å². The summed E-state index contributed by atoms with van der Waals surface area (Å²) in [6, 6.07) is 16.1. The largest absolute Gasteiger partial charge is 0.493 e. The molecule has 0 amide bonds. The number of nitrogens with zero attached hydrogens (tertiary/aromatic N) is 3. The highest BCUT2D eigenvalue weighted by Crippen LogP contribution is 2.33. The lowest BCUT2D eigenvalue weighted by Gasteiger charge is -2.26. The molecule has 0 aliphatic rings. The molecule has 9 heteroatoms. The van der Waals surface area contributed by atoms with Crippen molar-refractivity contribution in [3.63, 3.8) is 0 Å². The van der Waals surface area contributed by atoms with Crippen LogP contribution >= 0.6 is 34.2 Å². The minimum absolute atomic E-state index is 0.122. The van der Waals surface area contributed by atoms with Crippen LogP contribution in [0.25, 0.3) is 0 Å². The van der Waals surface area contributed by atoms with Gasteiger partial charge in [-0.3, -0.25) is 0 Å². The maximum Gasteiger partial charge on any atom is 0.125 e. The molecule has 0 aliphatic heterocycles. The fourth-order valence-corrected chi connectivity index (χ4v) is 4.04. The van der Waals surface area contributed by atoms with E-state index < -0.39 is 6.10 Å². The maximum atomic E-state index is 10.3. The molecule has 2 atom stereocenters. The first kappa shape index (κ1) is 26.7. The summed E-state index contributed by atoms with van der Waals surface area (Å²) in [4.78, 5) is 0. The first-order chi connectivity index (χ1) is 16.2. The normalized spacial score (nSPS) is 13.5. The quantitative estimate of drug-likeness (QED) is 0.237. The van der Waals surface area contributed by atoms with Crippen LogP contribution in [0.5, 0.6) is 11.5 Å². The smallest absolute Gasteiger partial charge is 0.125 e. The van der Waals surface area contributed by atoms with Crippen LogP contribution in [0.3, 0.4) is 0 Å². The number of halogens is 2. The molecule has 3 rings (SSSR count). The summed E-state index contributed by atoms with van der Waals surface area (Å²) in [6.07, 6.45) is -0.758. The predicted octanol–water partition coefficient (Wildman–Crippen LogP) is 4.39. The molecule has 0 saturated carbocycles. The van der Waals surface area contributed by atoms with Crippen LogP contribution in [0.4, 0.5) is 0 Å². The molecule has 1 aromatic heterocycles. The molecule has 184 valence electrons. The van der Waals surface area contributed by atoms with E-state index in [-0.39, 0.29) is 25.2 Å². The predicted molar refractivity (Wildman–Crippen MR) is 141 cm³/mol. The monoisotopic (exact) mass is 599 g/mol. The van der Waals surface area contributed by atoms with Crippen molar-refractivity contribution in [3.8, 4) is 11.5 Å².